The molecular weight excluding hydrogens is 522 g/mol. The van der Waals surface area contributed by atoms with E-state index in [0.717, 1.165) is 33.5 Å². The van der Waals surface area contributed by atoms with Gasteiger partial charge in [-0.1, -0.05) is 66.7 Å². The maximum atomic E-state index is 13.4. The number of pyridine rings is 1. The van der Waals surface area contributed by atoms with E-state index in [1.165, 1.54) is 7.11 Å². The number of nitrogens with zero attached hydrogens (tertiary/aromatic N) is 2. The van der Waals surface area contributed by atoms with E-state index in [2.05, 4.69) is 17.4 Å². The van der Waals surface area contributed by atoms with Gasteiger partial charge in [-0.15, -0.1) is 0 Å². The predicted octanol–water partition coefficient (Wildman–Crippen LogP) is 6.85. The van der Waals surface area contributed by atoms with Gasteiger partial charge in [0, 0.05) is 23.7 Å². The number of benzene rings is 4. The van der Waals surface area contributed by atoms with Gasteiger partial charge >= 0.3 is 10.1 Å². The number of imidazole rings is 1. The average Bonchev–Trinajstić information content (AvgIpc) is 3.33. The molecule has 0 aliphatic carbocycles. The molecule has 6 rings (SSSR count). The van der Waals surface area contributed by atoms with Crippen molar-refractivity contribution in [3.8, 4) is 22.8 Å². The number of hydrogen-bond acceptors (Lipinski definition) is 6. The van der Waals surface area contributed by atoms with Crippen molar-refractivity contribution >= 4 is 32.4 Å². The van der Waals surface area contributed by atoms with Crippen LogP contribution >= 0.6 is 0 Å². The van der Waals surface area contributed by atoms with Gasteiger partial charge in [0.25, 0.3) is 0 Å². The molecule has 2 aromatic heterocycles. The number of rotatable bonds is 8. The fourth-order valence-electron chi connectivity index (χ4n) is 4.76. The Kier molecular flexibility index (Phi) is 6.61. The second kappa shape index (κ2) is 10.4. The van der Waals surface area contributed by atoms with Gasteiger partial charge < -0.3 is 14.2 Å². The molecule has 8 heteroatoms. The van der Waals surface area contributed by atoms with Crippen molar-refractivity contribution in [2.75, 3.05) is 12.4 Å². The molecule has 2 heterocycles. The van der Waals surface area contributed by atoms with Crippen LogP contribution in [0.4, 0.5) is 5.82 Å². The Bertz CT molecular complexity index is 1950. The molecule has 0 aliphatic rings. The first-order valence-corrected chi connectivity index (χ1v) is 14.2. The van der Waals surface area contributed by atoms with E-state index in [0.29, 0.717) is 17.6 Å². The lowest BCUT2D eigenvalue weighted by molar-refractivity contribution is 0.391. The van der Waals surface area contributed by atoms with E-state index in [1.807, 2.05) is 66.1 Å². The van der Waals surface area contributed by atoms with Crippen LogP contribution < -0.4 is 14.2 Å². The molecule has 7 nitrogen and oxygen atoms in total. The minimum atomic E-state index is -4.13. The molecule has 4 aromatic carbocycles. The van der Waals surface area contributed by atoms with E-state index in [1.54, 1.807) is 42.5 Å². The summed E-state index contributed by atoms with van der Waals surface area (Å²) in [7, 11) is -2.65. The fourth-order valence-corrected chi connectivity index (χ4v) is 5.92. The van der Waals surface area contributed by atoms with Gasteiger partial charge in [0.15, 0.2) is 11.5 Å². The first kappa shape index (κ1) is 25.5. The van der Waals surface area contributed by atoms with Crippen LogP contribution in [-0.2, 0) is 16.7 Å². The number of ether oxygens (including phenoxy) is 1. The number of anilines is 1. The van der Waals surface area contributed by atoms with Gasteiger partial charge in [0.2, 0.25) is 0 Å². The molecule has 6 aromatic rings. The monoisotopic (exact) mass is 549 g/mol. The summed E-state index contributed by atoms with van der Waals surface area (Å²) in [6.07, 6.45) is 1.99. The number of hydrogen-bond donors (Lipinski definition) is 1. The SMILES string of the molecule is COc1cc(-c2nc3cc(C)ccn3c2NCc2ccccc2)ccc1OS(=O)(=O)c1cccc2ccccc12. The molecule has 200 valence electrons. The van der Waals surface area contributed by atoms with Gasteiger partial charge in [0.05, 0.1) is 7.11 Å². The van der Waals surface area contributed by atoms with Crippen molar-refractivity contribution in [3.63, 3.8) is 0 Å². The molecule has 0 saturated heterocycles. The van der Waals surface area contributed by atoms with Crippen LogP contribution in [0.1, 0.15) is 11.1 Å². The summed E-state index contributed by atoms with van der Waals surface area (Å²) in [5.41, 5.74) is 4.49. The van der Waals surface area contributed by atoms with Crippen LogP contribution in [0.15, 0.2) is 114 Å². The highest BCUT2D eigenvalue weighted by molar-refractivity contribution is 7.87. The summed E-state index contributed by atoms with van der Waals surface area (Å²) in [5.74, 6) is 1.19. The predicted molar refractivity (Wildman–Crippen MR) is 157 cm³/mol. The molecule has 0 fully saturated rings. The summed E-state index contributed by atoms with van der Waals surface area (Å²) >= 11 is 0. The van der Waals surface area contributed by atoms with Crippen molar-refractivity contribution in [2.45, 2.75) is 18.4 Å². The quantitative estimate of drug-likeness (QED) is 0.209. The van der Waals surface area contributed by atoms with Gasteiger partial charge in [0.1, 0.15) is 22.1 Å². The van der Waals surface area contributed by atoms with Crippen molar-refractivity contribution in [2.24, 2.45) is 0 Å². The standard InChI is InChI=1S/C32H27N3O4S/c1-22-17-18-35-30(19-22)34-31(32(35)33-21-23-9-4-3-5-10-23)25-15-16-27(28(20-25)38-2)39-40(36,37)29-14-8-12-24-11-6-7-13-26(24)29/h3-20,33H,21H2,1-2H3. The molecule has 0 spiro atoms. The zero-order valence-corrected chi connectivity index (χ0v) is 22.9. The van der Waals surface area contributed by atoms with Crippen LogP contribution in [-0.4, -0.2) is 24.9 Å². The lowest BCUT2D eigenvalue weighted by Crippen LogP contribution is -2.11. The van der Waals surface area contributed by atoms with Crippen molar-refractivity contribution in [1.82, 2.24) is 9.38 Å². The lowest BCUT2D eigenvalue weighted by Gasteiger charge is -2.14. The Morgan fingerprint density at radius 2 is 1.62 bits per heavy atom. The fraction of sp³-hybridized carbons (Fsp3) is 0.0938. The van der Waals surface area contributed by atoms with E-state index < -0.39 is 10.1 Å². The van der Waals surface area contributed by atoms with Gasteiger partial charge in [-0.2, -0.15) is 8.42 Å². The maximum absolute atomic E-state index is 13.4. The Morgan fingerprint density at radius 1 is 0.850 bits per heavy atom. The smallest absolute Gasteiger partial charge is 0.339 e. The third-order valence-electron chi connectivity index (χ3n) is 6.74. The zero-order valence-electron chi connectivity index (χ0n) is 22.0. The first-order valence-electron chi connectivity index (χ1n) is 12.8. The number of aryl methyl sites for hydroxylation is 1. The Labute approximate surface area is 232 Å². The van der Waals surface area contributed by atoms with Crippen LogP contribution in [0, 0.1) is 6.92 Å². The molecule has 0 radical (unpaired) electrons. The summed E-state index contributed by atoms with van der Waals surface area (Å²) < 4.78 is 39.9. The Hall–Kier alpha value is -4.82. The minimum Gasteiger partial charge on any atom is -0.493 e. The highest BCUT2D eigenvalue weighted by atomic mass is 32.2. The molecule has 0 bridgehead atoms. The van der Waals surface area contributed by atoms with Crippen molar-refractivity contribution in [3.05, 3.63) is 120 Å². The van der Waals surface area contributed by atoms with Crippen LogP contribution in [0.3, 0.4) is 0 Å². The molecule has 0 atom stereocenters. The summed E-state index contributed by atoms with van der Waals surface area (Å²) in [4.78, 5) is 5.00. The molecule has 0 aliphatic heterocycles. The van der Waals surface area contributed by atoms with E-state index in [9.17, 15) is 8.42 Å². The molecule has 40 heavy (non-hydrogen) atoms. The molecule has 0 amide bonds. The van der Waals surface area contributed by atoms with Gasteiger partial charge in [-0.25, -0.2) is 4.98 Å². The number of methoxy groups -OCH3 is 1. The van der Waals surface area contributed by atoms with Gasteiger partial charge in [-0.3, -0.25) is 4.40 Å². The van der Waals surface area contributed by atoms with Crippen molar-refractivity contribution in [1.29, 1.82) is 0 Å². The highest BCUT2D eigenvalue weighted by Gasteiger charge is 2.23. The van der Waals surface area contributed by atoms with E-state index in [4.69, 9.17) is 13.9 Å². The van der Waals surface area contributed by atoms with Crippen LogP contribution in [0.5, 0.6) is 11.5 Å². The number of fused-ring (bicyclic) bond motifs is 2. The Morgan fingerprint density at radius 3 is 2.45 bits per heavy atom. The average molecular weight is 550 g/mol. The molecule has 0 unspecified atom stereocenters. The third-order valence-corrected chi connectivity index (χ3v) is 8.03. The number of nitrogens with one attached hydrogen (secondary N) is 1. The normalized spacial score (nSPS) is 11.6. The van der Waals surface area contributed by atoms with Crippen LogP contribution in [0.2, 0.25) is 0 Å². The minimum absolute atomic E-state index is 0.0950. The largest absolute Gasteiger partial charge is 0.493 e. The van der Waals surface area contributed by atoms with Gasteiger partial charge in [-0.05, 0) is 59.8 Å². The second-order valence-corrected chi connectivity index (χ2v) is 11.0. The number of aromatic nitrogens is 2. The second-order valence-electron chi connectivity index (χ2n) is 9.46. The zero-order chi connectivity index (χ0) is 27.7. The Balaban J connectivity index is 1.38. The van der Waals surface area contributed by atoms with E-state index in [-0.39, 0.29) is 16.4 Å². The highest BCUT2D eigenvalue weighted by Crippen LogP contribution is 2.38. The van der Waals surface area contributed by atoms with E-state index >= 15 is 0 Å². The maximum Gasteiger partial charge on any atom is 0.339 e. The molecule has 0 saturated carbocycles. The summed E-state index contributed by atoms with van der Waals surface area (Å²) in [6, 6.07) is 31.7. The first-order chi connectivity index (χ1) is 19.4. The topological polar surface area (TPSA) is 81.9 Å². The molecular formula is C32H27N3O4S. The lowest BCUT2D eigenvalue weighted by atomic mass is 10.1. The summed E-state index contributed by atoms with van der Waals surface area (Å²) in [5, 5.41) is 4.94. The van der Waals surface area contributed by atoms with Crippen LogP contribution in [0.25, 0.3) is 27.7 Å². The third kappa shape index (κ3) is 4.85. The van der Waals surface area contributed by atoms with Crippen molar-refractivity contribution < 1.29 is 17.3 Å². The molecule has 1 N–H and O–H groups in total. The summed E-state index contributed by atoms with van der Waals surface area (Å²) in [6.45, 7) is 2.63.